The summed E-state index contributed by atoms with van der Waals surface area (Å²) in [6.07, 6.45) is 0.742. The van der Waals surface area contributed by atoms with Crippen molar-refractivity contribution in [1.82, 2.24) is 4.90 Å². The molecule has 0 aliphatic heterocycles. The van der Waals surface area contributed by atoms with Crippen LogP contribution < -0.4 is 10.5 Å². The molecule has 0 radical (unpaired) electrons. The van der Waals surface area contributed by atoms with E-state index in [1.54, 1.807) is 36.2 Å². The number of aryl methyl sites for hydroxylation is 1. The number of carbonyl (C=O) groups excluding carboxylic acids is 1. The average Bonchev–Trinajstić information content (AvgIpc) is 2.54. The molecule has 0 fully saturated rings. The van der Waals surface area contributed by atoms with E-state index in [4.69, 9.17) is 22.1 Å². The van der Waals surface area contributed by atoms with Gasteiger partial charge in [0.1, 0.15) is 5.75 Å². The zero-order valence-electron chi connectivity index (χ0n) is 13.8. The third kappa shape index (κ3) is 5.62. The molecule has 4 nitrogen and oxygen atoms in total. The molecule has 130 valence electrons. The number of ether oxygens (including phenoxy) is 1. The number of benzene rings is 2. The summed E-state index contributed by atoms with van der Waals surface area (Å²) in [4.78, 5) is 14.1. The molecule has 0 aliphatic carbocycles. The van der Waals surface area contributed by atoms with Gasteiger partial charge in [0.25, 0.3) is 5.91 Å². The zero-order chi connectivity index (χ0) is 16.8. The van der Waals surface area contributed by atoms with Gasteiger partial charge in [0.05, 0.1) is 6.61 Å². The molecule has 2 aromatic carbocycles. The summed E-state index contributed by atoms with van der Waals surface area (Å²) in [5, 5.41) is 0.681. The summed E-state index contributed by atoms with van der Waals surface area (Å²) in [5.41, 5.74) is 7.93. The van der Waals surface area contributed by atoms with Crippen LogP contribution in [-0.4, -0.2) is 31.0 Å². The number of anilines is 1. The largest absolute Gasteiger partial charge is 0.494 e. The molecule has 0 unspecified atom stereocenters. The lowest BCUT2D eigenvalue weighted by Gasteiger charge is -2.18. The Kier molecular flexibility index (Phi) is 7.89. The van der Waals surface area contributed by atoms with Crippen LogP contribution in [0.2, 0.25) is 5.02 Å². The van der Waals surface area contributed by atoms with E-state index in [1.165, 1.54) is 0 Å². The first-order chi connectivity index (χ1) is 11.0. The van der Waals surface area contributed by atoms with E-state index >= 15 is 0 Å². The summed E-state index contributed by atoms with van der Waals surface area (Å²) in [6.45, 7) is 3.06. The van der Waals surface area contributed by atoms with E-state index in [2.05, 4.69) is 0 Å². The van der Waals surface area contributed by atoms with Crippen LogP contribution in [0.4, 0.5) is 5.69 Å². The van der Waals surface area contributed by atoms with Crippen LogP contribution in [0.3, 0.4) is 0 Å². The fraction of sp³-hybridized carbons (Fsp3) is 0.278. The Balaban J connectivity index is 0.00000288. The van der Waals surface area contributed by atoms with Crippen LogP contribution in [0.1, 0.15) is 22.3 Å². The summed E-state index contributed by atoms with van der Waals surface area (Å²) in [6, 6.07) is 12.6. The molecule has 0 saturated carbocycles. The van der Waals surface area contributed by atoms with Crippen molar-refractivity contribution in [1.29, 1.82) is 0 Å². The van der Waals surface area contributed by atoms with Crippen LogP contribution in [0, 0.1) is 6.92 Å². The van der Waals surface area contributed by atoms with Crippen molar-refractivity contribution in [2.45, 2.75) is 13.3 Å². The first-order valence-corrected chi connectivity index (χ1v) is 7.85. The van der Waals surface area contributed by atoms with Gasteiger partial charge in [0.15, 0.2) is 0 Å². The van der Waals surface area contributed by atoms with Crippen molar-refractivity contribution in [2.75, 3.05) is 25.9 Å². The highest BCUT2D eigenvalue weighted by atomic mass is 35.5. The van der Waals surface area contributed by atoms with Gasteiger partial charge in [-0.1, -0.05) is 17.7 Å². The molecule has 2 rings (SSSR count). The van der Waals surface area contributed by atoms with E-state index in [0.717, 1.165) is 17.7 Å². The van der Waals surface area contributed by atoms with Crippen molar-refractivity contribution in [3.05, 3.63) is 58.6 Å². The minimum Gasteiger partial charge on any atom is -0.494 e. The number of rotatable bonds is 6. The highest BCUT2D eigenvalue weighted by Gasteiger charge is 2.14. The standard InChI is InChI=1S/C18H21ClN2O2.ClH/c1-13-4-7-15(20)12-17(13)18(22)21(2)10-3-11-23-16-8-5-14(19)6-9-16;/h4-9,12H,3,10-11,20H2,1-2H3;1H. The normalized spacial score (nSPS) is 9.96. The zero-order valence-corrected chi connectivity index (χ0v) is 15.4. The number of hydrogen-bond acceptors (Lipinski definition) is 3. The Hall–Kier alpha value is -1.91. The Bertz CT molecular complexity index is 675. The average molecular weight is 369 g/mol. The van der Waals surface area contributed by atoms with Gasteiger partial charge >= 0.3 is 0 Å². The second-order valence-corrected chi connectivity index (χ2v) is 5.89. The number of nitrogens with two attached hydrogens (primary N) is 1. The summed E-state index contributed by atoms with van der Waals surface area (Å²) in [5.74, 6) is 0.747. The topological polar surface area (TPSA) is 55.6 Å². The monoisotopic (exact) mass is 368 g/mol. The Morgan fingerprint density at radius 3 is 2.54 bits per heavy atom. The van der Waals surface area contributed by atoms with Gasteiger partial charge < -0.3 is 15.4 Å². The Morgan fingerprint density at radius 1 is 1.21 bits per heavy atom. The third-order valence-corrected chi connectivity index (χ3v) is 3.81. The fourth-order valence-electron chi connectivity index (χ4n) is 2.20. The van der Waals surface area contributed by atoms with E-state index in [0.29, 0.717) is 29.4 Å². The number of nitrogens with zero attached hydrogens (tertiary/aromatic N) is 1. The second kappa shape index (κ2) is 9.40. The fourth-order valence-corrected chi connectivity index (χ4v) is 2.33. The molecule has 0 saturated heterocycles. The molecule has 1 amide bonds. The van der Waals surface area contributed by atoms with Crippen molar-refractivity contribution in [3.8, 4) is 5.75 Å². The van der Waals surface area contributed by atoms with Gasteiger partial charge in [-0.05, 0) is 55.3 Å². The predicted octanol–water partition coefficient (Wildman–Crippen LogP) is 4.19. The van der Waals surface area contributed by atoms with Gasteiger partial charge in [-0.3, -0.25) is 4.79 Å². The maximum absolute atomic E-state index is 12.4. The van der Waals surface area contributed by atoms with Crippen LogP contribution in [-0.2, 0) is 0 Å². The molecular formula is C18H22Cl2N2O2. The van der Waals surface area contributed by atoms with Gasteiger partial charge in [-0.2, -0.15) is 0 Å². The molecule has 6 heteroatoms. The molecule has 24 heavy (non-hydrogen) atoms. The molecule has 2 N–H and O–H groups in total. The molecule has 0 atom stereocenters. The van der Waals surface area contributed by atoms with Crippen LogP contribution >= 0.6 is 24.0 Å². The third-order valence-electron chi connectivity index (χ3n) is 3.56. The quantitative estimate of drug-likeness (QED) is 0.614. The second-order valence-electron chi connectivity index (χ2n) is 5.46. The van der Waals surface area contributed by atoms with Crippen molar-refractivity contribution >= 4 is 35.6 Å². The molecule has 0 heterocycles. The van der Waals surface area contributed by atoms with Gasteiger partial charge in [0.2, 0.25) is 0 Å². The lowest BCUT2D eigenvalue weighted by atomic mass is 10.1. The van der Waals surface area contributed by atoms with Crippen LogP contribution in [0.25, 0.3) is 0 Å². The summed E-state index contributed by atoms with van der Waals surface area (Å²) < 4.78 is 5.62. The predicted molar refractivity (Wildman–Crippen MR) is 101 cm³/mol. The van der Waals surface area contributed by atoms with E-state index < -0.39 is 0 Å². The van der Waals surface area contributed by atoms with Gasteiger partial charge in [0, 0.05) is 29.9 Å². The molecule has 0 bridgehead atoms. The highest BCUT2D eigenvalue weighted by Crippen LogP contribution is 2.16. The van der Waals surface area contributed by atoms with Crippen LogP contribution in [0.15, 0.2) is 42.5 Å². The minimum atomic E-state index is -0.0266. The van der Waals surface area contributed by atoms with Crippen molar-refractivity contribution < 1.29 is 9.53 Å². The first kappa shape index (κ1) is 20.1. The lowest BCUT2D eigenvalue weighted by Crippen LogP contribution is -2.29. The van der Waals surface area contributed by atoms with Crippen molar-refractivity contribution in [2.24, 2.45) is 0 Å². The van der Waals surface area contributed by atoms with Gasteiger partial charge in [-0.15, -0.1) is 12.4 Å². The molecule has 0 aliphatic rings. The first-order valence-electron chi connectivity index (χ1n) is 7.47. The summed E-state index contributed by atoms with van der Waals surface area (Å²) >= 11 is 5.82. The SMILES string of the molecule is Cc1ccc(N)cc1C(=O)N(C)CCCOc1ccc(Cl)cc1.Cl. The van der Waals surface area contributed by atoms with E-state index in [9.17, 15) is 4.79 Å². The maximum Gasteiger partial charge on any atom is 0.253 e. The van der Waals surface area contributed by atoms with E-state index in [1.807, 2.05) is 25.1 Å². The number of nitrogen functional groups attached to an aromatic ring is 1. The summed E-state index contributed by atoms with van der Waals surface area (Å²) in [7, 11) is 1.78. The van der Waals surface area contributed by atoms with Crippen LogP contribution in [0.5, 0.6) is 5.75 Å². The van der Waals surface area contributed by atoms with E-state index in [-0.39, 0.29) is 18.3 Å². The maximum atomic E-state index is 12.4. The van der Waals surface area contributed by atoms with Gasteiger partial charge in [-0.25, -0.2) is 0 Å². The molecular weight excluding hydrogens is 347 g/mol. The lowest BCUT2D eigenvalue weighted by molar-refractivity contribution is 0.0787. The number of carbonyl (C=O) groups is 1. The minimum absolute atomic E-state index is 0. The highest BCUT2D eigenvalue weighted by molar-refractivity contribution is 6.30. The number of hydrogen-bond donors (Lipinski definition) is 1. The number of halogens is 2. The molecule has 2 aromatic rings. The Labute approximate surface area is 154 Å². The molecule has 0 spiro atoms. The molecule has 0 aromatic heterocycles. The smallest absolute Gasteiger partial charge is 0.253 e. The van der Waals surface area contributed by atoms with Crippen molar-refractivity contribution in [3.63, 3.8) is 0 Å². The number of amides is 1. The Morgan fingerprint density at radius 2 is 1.88 bits per heavy atom.